The van der Waals surface area contributed by atoms with Gasteiger partial charge in [0, 0.05) is 11.5 Å². The Hall–Kier alpha value is -2.51. The van der Waals surface area contributed by atoms with Crippen molar-refractivity contribution in [1.29, 1.82) is 0 Å². The van der Waals surface area contributed by atoms with Crippen LogP contribution in [0.4, 0.5) is 0 Å². The van der Waals surface area contributed by atoms with Gasteiger partial charge in [0.15, 0.2) is 0 Å². The first-order valence-electron chi connectivity index (χ1n) is 7.23. The summed E-state index contributed by atoms with van der Waals surface area (Å²) in [5, 5.41) is 3.56. The number of hydrogen-bond acceptors (Lipinski definition) is 1. The maximum absolute atomic E-state index is 8.25. The highest BCUT2D eigenvalue weighted by molar-refractivity contribution is 5.79. The molecule has 0 aliphatic heterocycles. The summed E-state index contributed by atoms with van der Waals surface area (Å²) in [6, 6.07) is 20.9. The molecule has 0 radical (unpaired) electrons. The van der Waals surface area contributed by atoms with E-state index in [-0.39, 0.29) is 0 Å². The van der Waals surface area contributed by atoms with E-state index >= 15 is 0 Å². The Balaban J connectivity index is 2.11. The smallest absolute Gasteiger partial charge is 0.0258 e. The van der Waals surface area contributed by atoms with Crippen LogP contribution >= 0.6 is 0 Å². The van der Waals surface area contributed by atoms with Gasteiger partial charge >= 0.3 is 0 Å². The second kappa shape index (κ2) is 8.62. The summed E-state index contributed by atoms with van der Waals surface area (Å²) in [5.74, 6) is 0. The zero-order chi connectivity index (χ0) is 14.8. The van der Waals surface area contributed by atoms with Gasteiger partial charge in [-0.05, 0) is 41.5 Å². The second-order valence-electron chi connectivity index (χ2n) is 4.80. The molecule has 0 spiro atoms. The first kappa shape index (κ1) is 14.9. The lowest BCUT2D eigenvalue weighted by molar-refractivity contribution is 0.756. The van der Waals surface area contributed by atoms with Gasteiger partial charge in [-0.15, -0.1) is 0 Å². The SMILES string of the molecule is [N-]=[N+]=NCCCCC=C(c1ccccc1)c1ccccc1. The third kappa shape index (κ3) is 4.83. The lowest BCUT2D eigenvalue weighted by Gasteiger charge is -2.08. The number of hydrogen-bond donors (Lipinski definition) is 0. The molecular weight excluding hydrogens is 258 g/mol. The number of nitrogens with zero attached hydrogens (tertiary/aromatic N) is 3. The average Bonchev–Trinajstić information content (AvgIpc) is 2.56. The van der Waals surface area contributed by atoms with Crippen molar-refractivity contribution < 1.29 is 0 Å². The topological polar surface area (TPSA) is 48.8 Å². The second-order valence-corrected chi connectivity index (χ2v) is 4.80. The number of benzene rings is 2. The fourth-order valence-corrected chi connectivity index (χ4v) is 2.26. The van der Waals surface area contributed by atoms with Crippen LogP contribution in [-0.2, 0) is 0 Å². The highest BCUT2D eigenvalue weighted by atomic mass is 15.1. The molecule has 0 fully saturated rings. The summed E-state index contributed by atoms with van der Waals surface area (Å²) < 4.78 is 0. The molecule has 0 saturated carbocycles. The Kier molecular flexibility index (Phi) is 6.11. The zero-order valence-electron chi connectivity index (χ0n) is 12.0. The van der Waals surface area contributed by atoms with Gasteiger partial charge in [0.25, 0.3) is 0 Å². The normalized spacial score (nSPS) is 9.71. The molecule has 3 heteroatoms. The number of rotatable bonds is 7. The van der Waals surface area contributed by atoms with Gasteiger partial charge in [-0.25, -0.2) is 0 Å². The van der Waals surface area contributed by atoms with E-state index in [1.54, 1.807) is 0 Å². The van der Waals surface area contributed by atoms with Gasteiger partial charge in [-0.2, -0.15) is 0 Å². The Labute approximate surface area is 125 Å². The quantitative estimate of drug-likeness (QED) is 0.274. The van der Waals surface area contributed by atoms with E-state index in [9.17, 15) is 0 Å². The van der Waals surface area contributed by atoms with E-state index in [0.717, 1.165) is 19.3 Å². The first-order chi connectivity index (χ1) is 10.4. The van der Waals surface area contributed by atoms with Crippen LogP contribution in [0, 0.1) is 0 Å². The molecule has 0 N–H and O–H groups in total. The van der Waals surface area contributed by atoms with E-state index in [0.29, 0.717) is 6.54 Å². The van der Waals surface area contributed by atoms with E-state index < -0.39 is 0 Å². The largest absolute Gasteiger partial charge is 0.0940 e. The third-order valence-corrected chi connectivity index (χ3v) is 3.29. The Morgan fingerprint density at radius 2 is 1.48 bits per heavy atom. The standard InChI is InChI=1S/C18H19N3/c19-21-20-15-9-3-8-14-18(16-10-4-1-5-11-16)17-12-6-2-7-13-17/h1-2,4-7,10-14H,3,8-9,15H2. The zero-order valence-corrected chi connectivity index (χ0v) is 12.0. The Morgan fingerprint density at radius 1 is 0.905 bits per heavy atom. The van der Waals surface area contributed by atoms with E-state index in [1.165, 1.54) is 16.7 Å². The maximum atomic E-state index is 8.25. The van der Waals surface area contributed by atoms with E-state index in [4.69, 9.17) is 5.53 Å². The van der Waals surface area contributed by atoms with Crippen molar-refractivity contribution in [3.63, 3.8) is 0 Å². The molecule has 2 rings (SSSR count). The van der Waals surface area contributed by atoms with Gasteiger partial charge in [-0.3, -0.25) is 0 Å². The summed E-state index contributed by atoms with van der Waals surface area (Å²) in [7, 11) is 0. The summed E-state index contributed by atoms with van der Waals surface area (Å²) >= 11 is 0. The molecular formula is C18H19N3. The third-order valence-electron chi connectivity index (χ3n) is 3.29. The molecule has 106 valence electrons. The van der Waals surface area contributed by atoms with Crippen molar-refractivity contribution in [2.24, 2.45) is 5.11 Å². The van der Waals surface area contributed by atoms with Gasteiger partial charge in [0.05, 0.1) is 0 Å². The number of azide groups is 1. The maximum Gasteiger partial charge on any atom is 0.0258 e. The van der Waals surface area contributed by atoms with Gasteiger partial charge < -0.3 is 0 Å². The molecule has 0 heterocycles. The fraction of sp³-hybridized carbons (Fsp3) is 0.222. The molecule has 0 atom stereocenters. The molecule has 2 aromatic rings. The van der Waals surface area contributed by atoms with Gasteiger partial charge in [0.1, 0.15) is 0 Å². The highest BCUT2D eigenvalue weighted by Crippen LogP contribution is 2.24. The van der Waals surface area contributed by atoms with Crippen LogP contribution in [0.15, 0.2) is 71.9 Å². The van der Waals surface area contributed by atoms with Crippen LogP contribution in [0.2, 0.25) is 0 Å². The van der Waals surface area contributed by atoms with Crippen LogP contribution in [0.1, 0.15) is 30.4 Å². The molecule has 0 unspecified atom stereocenters. The summed E-state index contributed by atoms with van der Waals surface area (Å²) in [6.07, 6.45) is 5.22. The molecule has 3 nitrogen and oxygen atoms in total. The predicted octanol–water partition coefficient (Wildman–Crippen LogP) is 5.60. The number of unbranched alkanes of at least 4 members (excludes halogenated alkanes) is 2. The summed E-state index contributed by atoms with van der Waals surface area (Å²) in [4.78, 5) is 2.77. The van der Waals surface area contributed by atoms with Crippen molar-refractivity contribution in [3.8, 4) is 0 Å². The van der Waals surface area contributed by atoms with Crippen LogP contribution in [0.25, 0.3) is 16.0 Å². The first-order valence-corrected chi connectivity index (χ1v) is 7.23. The Bertz CT molecular complexity index is 570. The molecule has 0 aromatic heterocycles. The molecule has 0 aliphatic rings. The van der Waals surface area contributed by atoms with Crippen molar-refractivity contribution in [3.05, 3.63) is 88.3 Å². The number of allylic oxidation sites excluding steroid dienone is 1. The van der Waals surface area contributed by atoms with Crippen LogP contribution in [-0.4, -0.2) is 6.54 Å². The van der Waals surface area contributed by atoms with Crippen LogP contribution in [0.3, 0.4) is 0 Å². The predicted molar refractivity (Wildman–Crippen MR) is 87.8 cm³/mol. The molecule has 0 amide bonds. The van der Waals surface area contributed by atoms with Crippen LogP contribution in [0.5, 0.6) is 0 Å². The summed E-state index contributed by atoms with van der Waals surface area (Å²) in [5.41, 5.74) is 12.0. The van der Waals surface area contributed by atoms with Crippen molar-refractivity contribution in [1.82, 2.24) is 0 Å². The Morgan fingerprint density at radius 3 is 2.00 bits per heavy atom. The minimum absolute atomic E-state index is 0.580. The minimum Gasteiger partial charge on any atom is -0.0940 e. The molecule has 0 aliphatic carbocycles. The summed E-state index contributed by atoms with van der Waals surface area (Å²) in [6.45, 7) is 0.580. The fourth-order valence-electron chi connectivity index (χ4n) is 2.26. The van der Waals surface area contributed by atoms with Crippen molar-refractivity contribution in [2.45, 2.75) is 19.3 Å². The molecule has 0 saturated heterocycles. The van der Waals surface area contributed by atoms with Crippen molar-refractivity contribution >= 4 is 5.57 Å². The lowest BCUT2D eigenvalue weighted by atomic mass is 9.96. The van der Waals surface area contributed by atoms with Crippen LogP contribution < -0.4 is 0 Å². The van der Waals surface area contributed by atoms with E-state index in [2.05, 4.69) is 64.6 Å². The highest BCUT2D eigenvalue weighted by Gasteiger charge is 2.03. The average molecular weight is 277 g/mol. The van der Waals surface area contributed by atoms with E-state index in [1.807, 2.05) is 12.1 Å². The molecule has 21 heavy (non-hydrogen) atoms. The monoisotopic (exact) mass is 277 g/mol. The van der Waals surface area contributed by atoms with Gasteiger partial charge in [-0.1, -0.05) is 71.9 Å². The molecule has 2 aromatic carbocycles. The van der Waals surface area contributed by atoms with Gasteiger partial charge in [0.2, 0.25) is 0 Å². The lowest BCUT2D eigenvalue weighted by Crippen LogP contribution is -1.88. The molecule has 0 bridgehead atoms. The van der Waals surface area contributed by atoms with Crippen molar-refractivity contribution in [2.75, 3.05) is 6.54 Å². The minimum atomic E-state index is 0.580.